The molecule has 5 heteroatoms. The summed E-state index contributed by atoms with van der Waals surface area (Å²) in [5.41, 5.74) is 3.15. The van der Waals surface area contributed by atoms with E-state index in [0.29, 0.717) is 12.0 Å². The van der Waals surface area contributed by atoms with Gasteiger partial charge in [0.1, 0.15) is 0 Å². The van der Waals surface area contributed by atoms with Crippen molar-refractivity contribution < 1.29 is 4.79 Å². The van der Waals surface area contributed by atoms with Gasteiger partial charge >= 0.3 is 0 Å². The third-order valence-electron chi connectivity index (χ3n) is 5.27. The predicted octanol–water partition coefficient (Wildman–Crippen LogP) is 1.94. The smallest absolute Gasteiger partial charge is 0.230 e. The van der Waals surface area contributed by atoms with Gasteiger partial charge in [0.2, 0.25) is 5.91 Å². The molecule has 0 spiro atoms. The minimum atomic E-state index is -0.118. The summed E-state index contributed by atoms with van der Waals surface area (Å²) < 4.78 is 1.87. The van der Waals surface area contributed by atoms with Crippen molar-refractivity contribution in [3.05, 3.63) is 17.0 Å². The first-order valence-electron chi connectivity index (χ1n) is 8.23. The van der Waals surface area contributed by atoms with Crippen LogP contribution in [0.15, 0.2) is 0 Å². The molecule has 22 heavy (non-hydrogen) atoms. The van der Waals surface area contributed by atoms with E-state index in [9.17, 15) is 4.79 Å². The first kappa shape index (κ1) is 17.0. The highest BCUT2D eigenvalue weighted by molar-refractivity contribution is 5.84. The van der Waals surface area contributed by atoms with Gasteiger partial charge in [-0.25, -0.2) is 0 Å². The number of likely N-dealkylation sites (N-methyl/N-ethyl adjacent to an activating group) is 1. The van der Waals surface area contributed by atoms with Crippen molar-refractivity contribution in [1.29, 1.82) is 0 Å². The maximum absolute atomic E-state index is 13.0. The van der Waals surface area contributed by atoms with Gasteiger partial charge in [0.05, 0.1) is 11.6 Å². The quantitative estimate of drug-likeness (QED) is 0.853. The fourth-order valence-electron chi connectivity index (χ4n) is 3.83. The average molecular weight is 306 g/mol. The van der Waals surface area contributed by atoms with Gasteiger partial charge < -0.3 is 9.80 Å². The van der Waals surface area contributed by atoms with Gasteiger partial charge in [-0.1, -0.05) is 13.3 Å². The minimum absolute atomic E-state index is 0.118. The summed E-state index contributed by atoms with van der Waals surface area (Å²) in [5.74, 6) is 0.691. The molecule has 2 rings (SSSR count). The maximum Gasteiger partial charge on any atom is 0.230 e. The highest BCUT2D eigenvalue weighted by atomic mass is 16.2. The van der Waals surface area contributed by atoms with Gasteiger partial charge in [-0.2, -0.15) is 5.10 Å². The summed E-state index contributed by atoms with van der Waals surface area (Å²) >= 11 is 0. The topological polar surface area (TPSA) is 41.4 Å². The molecule has 0 radical (unpaired) electrons. The zero-order chi connectivity index (χ0) is 16.6. The van der Waals surface area contributed by atoms with Gasteiger partial charge in [-0.15, -0.1) is 0 Å². The molecular formula is C17H30N4O. The van der Waals surface area contributed by atoms with Crippen LogP contribution in [0.25, 0.3) is 0 Å². The third kappa shape index (κ3) is 2.91. The Kier molecular flexibility index (Phi) is 4.95. The van der Waals surface area contributed by atoms with Crippen LogP contribution in [-0.2, 0) is 11.8 Å². The number of amides is 1. The van der Waals surface area contributed by atoms with Crippen LogP contribution in [0.4, 0.5) is 0 Å². The predicted molar refractivity (Wildman–Crippen MR) is 88.9 cm³/mol. The average Bonchev–Trinajstić information content (AvgIpc) is 3.00. The molecule has 0 bridgehead atoms. The van der Waals surface area contributed by atoms with Crippen molar-refractivity contribution in [2.45, 2.75) is 46.1 Å². The van der Waals surface area contributed by atoms with Gasteiger partial charge in [0, 0.05) is 37.4 Å². The summed E-state index contributed by atoms with van der Waals surface area (Å²) in [7, 11) is 6.16. The largest absolute Gasteiger partial charge is 0.340 e. The lowest BCUT2D eigenvalue weighted by atomic mass is 9.97. The first-order valence-corrected chi connectivity index (χ1v) is 8.23. The zero-order valence-corrected chi connectivity index (χ0v) is 15.1. The number of nitrogens with zero attached hydrogens (tertiary/aromatic N) is 4. The molecule has 5 nitrogen and oxygen atoms in total. The zero-order valence-electron chi connectivity index (χ0n) is 15.1. The molecule has 124 valence electrons. The summed E-state index contributed by atoms with van der Waals surface area (Å²) in [6.07, 6.45) is 1.12. The number of carbonyl (C=O) groups is 1. The Morgan fingerprint density at radius 2 is 2.00 bits per heavy atom. The molecular weight excluding hydrogens is 276 g/mol. The van der Waals surface area contributed by atoms with Crippen LogP contribution in [0.1, 0.15) is 43.1 Å². The lowest BCUT2D eigenvalue weighted by Gasteiger charge is -2.24. The van der Waals surface area contributed by atoms with Crippen molar-refractivity contribution >= 4 is 5.91 Å². The van der Waals surface area contributed by atoms with Crippen LogP contribution in [0.3, 0.4) is 0 Å². The molecule has 1 aliphatic heterocycles. The van der Waals surface area contributed by atoms with Crippen molar-refractivity contribution in [1.82, 2.24) is 19.6 Å². The van der Waals surface area contributed by atoms with E-state index in [1.54, 1.807) is 0 Å². The fourth-order valence-corrected chi connectivity index (χ4v) is 3.83. The molecule has 1 aliphatic rings. The van der Waals surface area contributed by atoms with Crippen LogP contribution in [-0.4, -0.2) is 58.7 Å². The molecule has 0 N–H and O–H groups in total. The molecule has 0 aromatic carbocycles. The number of aryl methyl sites for hydroxylation is 2. The number of likely N-dealkylation sites (tertiary alicyclic amines) is 1. The van der Waals surface area contributed by atoms with E-state index >= 15 is 0 Å². The highest BCUT2D eigenvalue weighted by Gasteiger charge is 2.37. The molecule has 1 fully saturated rings. The SMILES string of the molecule is CC[C@@H]1CN(C(=O)[C@@H](C)c2c(C)nn(C)c2C)C[C@H]1N(C)C. The van der Waals surface area contributed by atoms with Crippen LogP contribution in [0, 0.1) is 19.8 Å². The highest BCUT2D eigenvalue weighted by Crippen LogP contribution is 2.29. The van der Waals surface area contributed by atoms with E-state index < -0.39 is 0 Å². The summed E-state index contributed by atoms with van der Waals surface area (Å²) in [4.78, 5) is 17.3. The number of hydrogen-bond donors (Lipinski definition) is 0. The first-order chi connectivity index (χ1) is 10.3. The Hall–Kier alpha value is -1.36. The van der Waals surface area contributed by atoms with Gasteiger partial charge in [0.15, 0.2) is 0 Å². The number of rotatable bonds is 4. The van der Waals surface area contributed by atoms with E-state index in [1.165, 1.54) is 0 Å². The van der Waals surface area contributed by atoms with Gasteiger partial charge in [0.25, 0.3) is 0 Å². The number of carbonyl (C=O) groups excluding carboxylic acids is 1. The molecule has 0 saturated carbocycles. The maximum atomic E-state index is 13.0. The summed E-state index contributed by atoms with van der Waals surface area (Å²) in [6, 6.07) is 0.470. The lowest BCUT2D eigenvalue weighted by Crippen LogP contribution is -2.37. The third-order valence-corrected chi connectivity index (χ3v) is 5.27. The summed E-state index contributed by atoms with van der Waals surface area (Å²) in [6.45, 7) is 9.99. The molecule has 1 amide bonds. The molecule has 0 aliphatic carbocycles. The van der Waals surface area contributed by atoms with Crippen LogP contribution in [0.5, 0.6) is 0 Å². The van der Waals surface area contributed by atoms with Crippen molar-refractivity contribution in [2.24, 2.45) is 13.0 Å². The Morgan fingerprint density at radius 1 is 1.36 bits per heavy atom. The second kappa shape index (κ2) is 6.41. The van der Waals surface area contributed by atoms with E-state index in [2.05, 4.69) is 35.9 Å². The Morgan fingerprint density at radius 3 is 2.41 bits per heavy atom. The van der Waals surface area contributed by atoms with E-state index in [0.717, 1.165) is 36.5 Å². The molecule has 1 aromatic heterocycles. The molecule has 2 heterocycles. The minimum Gasteiger partial charge on any atom is -0.340 e. The van der Waals surface area contributed by atoms with E-state index in [1.807, 2.05) is 32.5 Å². The van der Waals surface area contributed by atoms with Crippen molar-refractivity contribution in [3.8, 4) is 0 Å². The normalized spacial score (nSPS) is 23.4. The van der Waals surface area contributed by atoms with Crippen molar-refractivity contribution in [3.63, 3.8) is 0 Å². The second-order valence-electron chi connectivity index (χ2n) is 6.87. The van der Waals surface area contributed by atoms with Crippen LogP contribution < -0.4 is 0 Å². The Balaban J connectivity index is 2.18. The Labute approximate surface area is 134 Å². The summed E-state index contributed by atoms with van der Waals surface area (Å²) in [5, 5.41) is 4.45. The lowest BCUT2D eigenvalue weighted by molar-refractivity contribution is -0.131. The monoisotopic (exact) mass is 306 g/mol. The number of hydrogen-bond acceptors (Lipinski definition) is 3. The van der Waals surface area contributed by atoms with Gasteiger partial charge in [-0.05, 0) is 40.8 Å². The van der Waals surface area contributed by atoms with Crippen LogP contribution >= 0.6 is 0 Å². The number of aromatic nitrogens is 2. The molecule has 0 unspecified atom stereocenters. The molecule has 3 atom stereocenters. The standard InChI is InChI=1S/C17H30N4O/c1-8-14-9-21(10-15(14)19(5)6)17(22)11(2)16-12(3)18-20(7)13(16)4/h11,14-15H,8-10H2,1-7H3/t11-,14+,15+/m0/s1. The second-order valence-corrected chi connectivity index (χ2v) is 6.87. The van der Waals surface area contributed by atoms with E-state index in [-0.39, 0.29) is 11.8 Å². The Bertz CT molecular complexity index is 549. The van der Waals surface area contributed by atoms with Crippen LogP contribution in [0.2, 0.25) is 0 Å². The fraction of sp³-hybridized carbons (Fsp3) is 0.765. The molecule has 1 aromatic rings. The van der Waals surface area contributed by atoms with E-state index in [4.69, 9.17) is 0 Å². The van der Waals surface area contributed by atoms with Gasteiger partial charge in [-0.3, -0.25) is 9.48 Å². The van der Waals surface area contributed by atoms with Crippen molar-refractivity contribution in [2.75, 3.05) is 27.2 Å². The molecule has 1 saturated heterocycles.